The van der Waals surface area contributed by atoms with Crippen LogP contribution in [0.15, 0.2) is 24.3 Å². The summed E-state index contributed by atoms with van der Waals surface area (Å²) in [6, 6.07) is 5.34. The van der Waals surface area contributed by atoms with Crippen LogP contribution in [-0.4, -0.2) is 4.92 Å². The van der Waals surface area contributed by atoms with Crippen LogP contribution in [0, 0.1) is 29.8 Å². The number of rotatable bonds is 4. The molecule has 1 aromatic carbocycles. The second-order valence-electron chi connectivity index (χ2n) is 4.65. The van der Waals surface area contributed by atoms with E-state index in [-0.39, 0.29) is 17.4 Å². The summed E-state index contributed by atoms with van der Waals surface area (Å²) in [6.45, 7) is 5.92. The predicted octanol–water partition coefficient (Wildman–Crippen LogP) is 4.59. The minimum absolute atomic E-state index is 0.122. The van der Waals surface area contributed by atoms with Crippen LogP contribution in [0.1, 0.15) is 28.3 Å². The molecule has 2 rings (SSSR count). The molecular weight excluding hydrogens is 279 g/mol. The Kier molecular flexibility index (Phi) is 4.04. The van der Waals surface area contributed by atoms with Crippen molar-refractivity contribution in [2.24, 2.45) is 0 Å². The third-order valence-corrected chi connectivity index (χ3v) is 4.05. The molecule has 0 aliphatic carbocycles. The molecular formula is C14H15FN2O2S. The van der Waals surface area contributed by atoms with Crippen molar-refractivity contribution in [3.05, 3.63) is 55.5 Å². The maximum atomic E-state index is 13.3. The molecule has 20 heavy (non-hydrogen) atoms. The third-order valence-electron chi connectivity index (χ3n) is 3.07. The summed E-state index contributed by atoms with van der Waals surface area (Å²) in [7, 11) is 0. The Balaban J connectivity index is 2.32. The largest absolute Gasteiger partial charge is 0.373 e. The minimum atomic E-state index is -0.514. The Morgan fingerprint density at radius 2 is 2.05 bits per heavy atom. The fourth-order valence-electron chi connectivity index (χ4n) is 2.17. The van der Waals surface area contributed by atoms with E-state index in [1.807, 2.05) is 26.8 Å². The number of nitro groups is 1. The number of thiophene rings is 1. The van der Waals surface area contributed by atoms with Crippen LogP contribution < -0.4 is 5.32 Å². The lowest BCUT2D eigenvalue weighted by Gasteiger charge is -2.15. The molecule has 0 aliphatic rings. The Morgan fingerprint density at radius 3 is 2.60 bits per heavy atom. The number of aryl methyl sites for hydroxylation is 2. The van der Waals surface area contributed by atoms with Gasteiger partial charge in [-0.25, -0.2) is 4.39 Å². The van der Waals surface area contributed by atoms with Crippen molar-refractivity contribution in [3.8, 4) is 0 Å². The topological polar surface area (TPSA) is 55.2 Å². The average Bonchev–Trinajstić information content (AvgIpc) is 2.68. The lowest BCUT2D eigenvalue weighted by Crippen LogP contribution is -2.08. The van der Waals surface area contributed by atoms with Crippen molar-refractivity contribution < 1.29 is 9.31 Å². The zero-order chi connectivity index (χ0) is 14.9. The standard InChI is InChI=1S/C14H15FN2O2S/c1-8-6-12(10(3)20-8)9(2)16-13-7-11(15)4-5-14(13)17(18)19/h4-7,9,16H,1-3H3. The lowest BCUT2D eigenvalue weighted by molar-refractivity contribution is -0.384. The van der Waals surface area contributed by atoms with Gasteiger partial charge in [0.1, 0.15) is 11.5 Å². The highest BCUT2D eigenvalue weighted by atomic mass is 32.1. The zero-order valence-electron chi connectivity index (χ0n) is 11.4. The Bertz CT molecular complexity index is 655. The van der Waals surface area contributed by atoms with E-state index in [4.69, 9.17) is 0 Å². The van der Waals surface area contributed by atoms with E-state index in [0.717, 1.165) is 22.6 Å². The molecule has 0 bridgehead atoms. The van der Waals surface area contributed by atoms with Gasteiger partial charge in [-0.2, -0.15) is 0 Å². The number of nitro benzene ring substituents is 1. The van der Waals surface area contributed by atoms with Gasteiger partial charge in [-0.3, -0.25) is 10.1 Å². The Labute approximate surface area is 120 Å². The average molecular weight is 294 g/mol. The molecule has 106 valence electrons. The normalized spacial score (nSPS) is 12.2. The smallest absolute Gasteiger partial charge is 0.292 e. The summed E-state index contributed by atoms with van der Waals surface area (Å²) < 4.78 is 13.3. The monoisotopic (exact) mass is 294 g/mol. The summed E-state index contributed by atoms with van der Waals surface area (Å²) >= 11 is 1.67. The highest BCUT2D eigenvalue weighted by Gasteiger charge is 2.18. The summed E-state index contributed by atoms with van der Waals surface area (Å²) in [4.78, 5) is 12.8. The predicted molar refractivity (Wildman–Crippen MR) is 78.9 cm³/mol. The van der Waals surface area contributed by atoms with Crippen molar-refractivity contribution in [2.75, 3.05) is 5.32 Å². The molecule has 0 aliphatic heterocycles. The van der Waals surface area contributed by atoms with Crippen molar-refractivity contribution in [1.82, 2.24) is 0 Å². The maximum absolute atomic E-state index is 13.3. The van der Waals surface area contributed by atoms with E-state index in [9.17, 15) is 14.5 Å². The van der Waals surface area contributed by atoms with Gasteiger partial charge in [0.2, 0.25) is 0 Å². The number of hydrogen-bond donors (Lipinski definition) is 1. The quantitative estimate of drug-likeness (QED) is 0.663. The molecule has 0 spiro atoms. The van der Waals surface area contributed by atoms with Crippen molar-refractivity contribution in [2.45, 2.75) is 26.8 Å². The van der Waals surface area contributed by atoms with E-state index >= 15 is 0 Å². The number of halogens is 1. The Hall–Kier alpha value is -1.95. The van der Waals surface area contributed by atoms with E-state index in [2.05, 4.69) is 5.32 Å². The third kappa shape index (κ3) is 2.96. The first-order chi connectivity index (χ1) is 9.38. The van der Waals surface area contributed by atoms with Gasteiger partial charge in [-0.1, -0.05) is 0 Å². The Morgan fingerprint density at radius 1 is 1.35 bits per heavy atom. The van der Waals surface area contributed by atoms with Crippen LogP contribution in [0.3, 0.4) is 0 Å². The van der Waals surface area contributed by atoms with Crippen LogP contribution in [0.2, 0.25) is 0 Å². The first kappa shape index (κ1) is 14.5. The number of hydrogen-bond acceptors (Lipinski definition) is 4. The van der Waals surface area contributed by atoms with Gasteiger partial charge >= 0.3 is 0 Å². The molecule has 1 aromatic heterocycles. The first-order valence-electron chi connectivity index (χ1n) is 6.16. The van der Waals surface area contributed by atoms with Gasteiger partial charge < -0.3 is 5.32 Å². The van der Waals surface area contributed by atoms with Crippen molar-refractivity contribution in [3.63, 3.8) is 0 Å². The number of nitrogens with zero attached hydrogens (tertiary/aromatic N) is 1. The fourth-order valence-corrected chi connectivity index (χ4v) is 3.20. The molecule has 1 atom stereocenters. The molecule has 4 nitrogen and oxygen atoms in total. The molecule has 1 unspecified atom stereocenters. The van der Waals surface area contributed by atoms with Gasteiger partial charge in [0.05, 0.1) is 4.92 Å². The maximum Gasteiger partial charge on any atom is 0.292 e. The molecule has 0 fully saturated rings. The highest BCUT2D eigenvalue weighted by molar-refractivity contribution is 7.12. The van der Waals surface area contributed by atoms with Crippen LogP contribution in [0.25, 0.3) is 0 Å². The molecule has 2 aromatic rings. The number of anilines is 1. The molecule has 1 heterocycles. The van der Waals surface area contributed by atoms with Gasteiger partial charge in [-0.05, 0) is 38.5 Å². The van der Waals surface area contributed by atoms with Gasteiger partial charge in [0, 0.05) is 27.9 Å². The second-order valence-corrected chi connectivity index (χ2v) is 6.11. The van der Waals surface area contributed by atoms with E-state index in [0.29, 0.717) is 0 Å². The highest BCUT2D eigenvalue weighted by Crippen LogP contribution is 2.32. The molecule has 0 amide bonds. The molecule has 0 radical (unpaired) electrons. The fraction of sp³-hybridized carbons (Fsp3) is 0.286. The van der Waals surface area contributed by atoms with Crippen molar-refractivity contribution in [1.29, 1.82) is 0 Å². The molecule has 0 saturated carbocycles. The van der Waals surface area contributed by atoms with Crippen molar-refractivity contribution >= 4 is 22.7 Å². The summed E-state index contributed by atoms with van der Waals surface area (Å²) in [6.07, 6.45) is 0. The second kappa shape index (κ2) is 5.58. The van der Waals surface area contributed by atoms with E-state index < -0.39 is 10.7 Å². The SMILES string of the molecule is Cc1cc(C(C)Nc2cc(F)ccc2[N+](=O)[O-])c(C)s1. The zero-order valence-corrected chi connectivity index (χ0v) is 12.3. The van der Waals surface area contributed by atoms with Crippen LogP contribution >= 0.6 is 11.3 Å². The minimum Gasteiger partial charge on any atom is -0.373 e. The summed E-state index contributed by atoms with van der Waals surface area (Å²) in [5.74, 6) is -0.497. The van der Waals surface area contributed by atoms with Crippen LogP contribution in [0.4, 0.5) is 15.8 Å². The van der Waals surface area contributed by atoms with E-state index in [1.54, 1.807) is 11.3 Å². The van der Waals surface area contributed by atoms with Gasteiger partial charge in [0.15, 0.2) is 0 Å². The lowest BCUT2D eigenvalue weighted by atomic mass is 10.1. The molecule has 0 saturated heterocycles. The molecule has 6 heteroatoms. The number of benzene rings is 1. The van der Waals surface area contributed by atoms with Gasteiger partial charge in [0.25, 0.3) is 5.69 Å². The van der Waals surface area contributed by atoms with E-state index in [1.165, 1.54) is 10.9 Å². The first-order valence-corrected chi connectivity index (χ1v) is 6.97. The summed E-state index contributed by atoms with van der Waals surface area (Å²) in [5.41, 5.74) is 1.15. The van der Waals surface area contributed by atoms with Crippen LogP contribution in [-0.2, 0) is 0 Å². The van der Waals surface area contributed by atoms with Crippen LogP contribution in [0.5, 0.6) is 0 Å². The van der Waals surface area contributed by atoms with Gasteiger partial charge in [-0.15, -0.1) is 11.3 Å². The summed E-state index contributed by atoms with van der Waals surface area (Å²) in [5, 5.41) is 14.0. The number of nitrogens with one attached hydrogen (secondary N) is 1. The molecule has 1 N–H and O–H groups in total.